The Morgan fingerprint density at radius 1 is 0.974 bits per heavy atom. The number of hydrogen-bond acceptors (Lipinski definition) is 7. The lowest BCUT2D eigenvalue weighted by Gasteiger charge is -2.40. The molecule has 2 aromatic carbocycles. The Morgan fingerprint density at radius 3 is 2.44 bits per heavy atom. The van der Waals surface area contributed by atoms with Gasteiger partial charge >= 0.3 is 5.63 Å². The van der Waals surface area contributed by atoms with Crippen molar-refractivity contribution in [3.63, 3.8) is 0 Å². The lowest BCUT2D eigenvalue weighted by atomic mass is 9.88. The fraction of sp³-hybridized carbons (Fsp3) is 0.323. The average molecular weight is 524 g/mol. The summed E-state index contributed by atoms with van der Waals surface area (Å²) in [5, 5.41) is 0.794. The molecule has 2 aliphatic rings. The van der Waals surface area contributed by atoms with Crippen LogP contribution in [0.3, 0.4) is 0 Å². The van der Waals surface area contributed by atoms with Crippen LogP contribution >= 0.6 is 0 Å². The molecule has 1 fully saturated rings. The van der Waals surface area contributed by atoms with Gasteiger partial charge in [-0.1, -0.05) is 36.4 Å². The molecule has 0 radical (unpaired) electrons. The zero-order valence-electron chi connectivity index (χ0n) is 22.8. The first-order valence-electron chi connectivity index (χ1n) is 13.4. The Hall–Kier alpha value is -4.17. The number of nitrogens with one attached hydrogen (secondary N) is 1. The monoisotopic (exact) mass is 523 g/mol. The molecule has 0 saturated carbocycles. The predicted octanol–water partition coefficient (Wildman–Crippen LogP) is 4.50. The summed E-state index contributed by atoms with van der Waals surface area (Å²) in [6, 6.07) is 17.5. The van der Waals surface area contributed by atoms with E-state index in [1.54, 1.807) is 6.07 Å². The quantitative estimate of drug-likeness (QED) is 0.394. The van der Waals surface area contributed by atoms with Crippen LogP contribution in [0, 0.1) is 0 Å². The van der Waals surface area contributed by atoms with Gasteiger partial charge < -0.3 is 14.2 Å². The van der Waals surface area contributed by atoms with Gasteiger partial charge in [0.05, 0.1) is 16.8 Å². The molecule has 1 N–H and O–H groups in total. The Morgan fingerprint density at radius 2 is 1.69 bits per heavy atom. The Labute approximate surface area is 227 Å². The van der Waals surface area contributed by atoms with Gasteiger partial charge in [0.15, 0.2) is 0 Å². The summed E-state index contributed by atoms with van der Waals surface area (Å²) in [6.07, 6.45) is 2.24. The van der Waals surface area contributed by atoms with E-state index >= 15 is 0 Å². The molecule has 0 aliphatic carbocycles. The molecule has 0 unspecified atom stereocenters. The number of hydrogen-bond donors (Lipinski definition) is 1. The number of anilines is 2. The third-order valence-electron chi connectivity index (χ3n) is 8.00. The van der Waals surface area contributed by atoms with Crippen LogP contribution in [-0.4, -0.2) is 53.6 Å². The summed E-state index contributed by atoms with van der Waals surface area (Å²) in [5.41, 5.74) is 4.73. The van der Waals surface area contributed by atoms with Gasteiger partial charge in [-0.25, -0.2) is 9.78 Å². The van der Waals surface area contributed by atoms with Gasteiger partial charge in [0.1, 0.15) is 5.58 Å². The number of fused-ring (bicyclic) bond motifs is 2. The fourth-order valence-corrected chi connectivity index (χ4v) is 5.63. The number of nitrogens with zero attached hydrogens (tertiary/aromatic N) is 4. The van der Waals surface area contributed by atoms with Crippen molar-refractivity contribution in [1.29, 1.82) is 0 Å². The number of likely N-dealkylation sites (N-methyl/N-ethyl adjacent to an activating group) is 1. The van der Waals surface area contributed by atoms with E-state index in [9.17, 15) is 9.59 Å². The van der Waals surface area contributed by atoms with Crippen LogP contribution in [0.5, 0.6) is 0 Å². The van der Waals surface area contributed by atoms with Gasteiger partial charge in [-0.2, -0.15) is 0 Å². The first kappa shape index (κ1) is 25.1. The first-order valence-corrected chi connectivity index (χ1v) is 13.4. The SMILES string of the molecule is CC1=CC(C)(C)N(C)c2cc3oc(=O)c(-c4cc(=O)[nH]c(N5CCN(Cc6ccccc6)CC5)n4)cc3cc21. The molecule has 4 aromatic rings. The second-order valence-corrected chi connectivity index (χ2v) is 11.1. The van der Waals surface area contributed by atoms with E-state index in [0.717, 1.165) is 49.4 Å². The summed E-state index contributed by atoms with van der Waals surface area (Å²) >= 11 is 0. The fourth-order valence-electron chi connectivity index (χ4n) is 5.63. The van der Waals surface area contributed by atoms with Crippen LogP contribution in [-0.2, 0) is 6.54 Å². The molecule has 4 heterocycles. The van der Waals surface area contributed by atoms with Crippen molar-refractivity contribution in [1.82, 2.24) is 14.9 Å². The van der Waals surface area contributed by atoms with Gasteiger partial charge in [0, 0.05) is 68.5 Å². The molecule has 2 aliphatic heterocycles. The molecule has 0 atom stereocenters. The minimum absolute atomic E-state index is 0.149. The van der Waals surface area contributed by atoms with Crippen molar-refractivity contribution >= 4 is 28.2 Å². The van der Waals surface area contributed by atoms with Crippen molar-refractivity contribution in [3.05, 3.63) is 92.6 Å². The average Bonchev–Trinajstić information content (AvgIpc) is 2.91. The van der Waals surface area contributed by atoms with Crippen LogP contribution < -0.4 is 21.0 Å². The zero-order valence-corrected chi connectivity index (χ0v) is 22.8. The first-order chi connectivity index (χ1) is 18.7. The predicted molar refractivity (Wildman–Crippen MR) is 156 cm³/mol. The largest absolute Gasteiger partial charge is 0.422 e. The van der Waals surface area contributed by atoms with Crippen LogP contribution in [0.1, 0.15) is 31.9 Å². The highest BCUT2D eigenvalue weighted by molar-refractivity contribution is 5.92. The number of rotatable bonds is 4. The summed E-state index contributed by atoms with van der Waals surface area (Å²) < 4.78 is 5.79. The number of piperazine rings is 1. The van der Waals surface area contributed by atoms with Crippen LogP contribution in [0.4, 0.5) is 11.6 Å². The highest BCUT2D eigenvalue weighted by atomic mass is 16.4. The molecule has 0 spiro atoms. The lowest BCUT2D eigenvalue weighted by molar-refractivity contribution is 0.248. The normalized spacial score (nSPS) is 17.3. The van der Waals surface area contributed by atoms with Crippen LogP contribution in [0.2, 0.25) is 0 Å². The van der Waals surface area contributed by atoms with E-state index in [1.807, 2.05) is 19.2 Å². The molecule has 8 nitrogen and oxygen atoms in total. The lowest BCUT2D eigenvalue weighted by Crippen LogP contribution is -2.47. The molecule has 0 bridgehead atoms. The second kappa shape index (κ2) is 9.54. The Balaban J connectivity index is 1.30. The maximum absolute atomic E-state index is 13.1. The van der Waals surface area contributed by atoms with Crippen molar-refractivity contribution in [2.45, 2.75) is 32.9 Å². The van der Waals surface area contributed by atoms with Crippen molar-refractivity contribution in [2.75, 3.05) is 43.0 Å². The van der Waals surface area contributed by atoms with Gasteiger partial charge in [-0.3, -0.25) is 14.7 Å². The van der Waals surface area contributed by atoms with Gasteiger partial charge in [-0.05, 0) is 44.0 Å². The standard InChI is InChI=1S/C31H33N5O3/c1-20-18-31(2,3)34(4)26-17-27-22(14-23(20)26)15-24(29(38)39-27)25-16-28(37)33-30(32-25)36-12-10-35(11-13-36)19-21-8-6-5-7-9-21/h5-9,14-18H,10-13,19H2,1-4H3,(H,32,33,37). The maximum Gasteiger partial charge on any atom is 0.345 e. The molecule has 1 saturated heterocycles. The Bertz CT molecular complexity index is 1700. The molecular formula is C31H33N5O3. The number of aromatic nitrogens is 2. The molecule has 6 rings (SSSR count). The van der Waals surface area contributed by atoms with E-state index in [1.165, 1.54) is 17.2 Å². The van der Waals surface area contributed by atoms with Gasteiger partial charge in [-0.15, -0.1) is 0 Å². The summed E-state index contributed by atoms with van der Waals surface area (Å²) in [4.78, 5) is 40.0. The molecule has 8 heteroatoms. The topological polar surface area (TPSA) is 85.7 Å². The molecular weight excluding hydrogens is 490 g/mol. The van der Waals surface area contributed by atoms with Gasteiger partial charge in [0.2, 0.25) is 5.95 Å². The number of allylic oxidation sites excluding steroid dienone is 1. The second-order valence-electron chi connectivity index (χ2n) is 11.1. The number of aromatic amines is 1. The molecule has 2 aromatic heterocycles. The third-order valence-corrected chi connectivity index (χ3v) is 8.00. The minimum Gasteiger partial charge on any atom is -0.422 e. The molecule has 39 heavy (non-hydrogen) atoms. The van der Waals surface area contributed by atoms with Crippen LogP contribution in [0.25, 0.3) is 27.8 Å². The third kappa shape index (κ3) is 4.76. The van der Waals surface area contributed by atoms with E-state index in [4.69, 9.17) is 9.40 Å². The van der Waals surface area contributed by atoms with Crippen molar-refractivity contribution in [2.24, 2.45) is 0 Å². The number of benzene rings is 2. The van der Waals surface area contributed by atoms with Crippen LogP contribution in [0.15, 0.2) is 74.7 Å². The van der Waals surface area contributed by atoms with Crippen molar-refractivity contribution in [3.8, 4) is 11.3 Å². The van der Waals surface area contributed by atoms with E-state index < -0.39 is 5.63 Å². The zero-order chi connectivity index (χ0) is 27.3. The molecule has 0 amide bonds. The molecule has 200 valence electrons. The smallest absolute Gasteiger partial charge is 0.345 e. The van der Waals surface area contributed by atoms with Crippen molar-refractivity contribution < 1.29 is 4.42 Å². The number of H-pyrrole nitrogens is 1. The summed E-state index contributed by atoms with van der Waals surface area (Å²) in [6.45, 7) is 10.5. The Kier molecular flexibility index (Phi) is 6.14. The van der Waals surface area contributed by atoms with E-state index in [0.29, 0.717) is 17.2 Å². The van der Waals surface area contributed by atoms with Gasteiger partial charge in [0.25, 0.3) is 5.56 Å². The van der Waals surface area contributed by atoms with E-state index in [-0.39, 0.29) is 16.7 Å². The summed E-state index contributed by atoms with van der Waals surface area (Å²) in [5.74, 6) is 0.476. The summed E-state index contributed by atoms with van der Waals surface area (Å²) in [7, 11) is 2.04. The maximum atomic E-state index is 13.1. The highest BCUT2D eigenvalue weighted by Crippen LogP contribution is 2.40. The highest BCUT2D eigenvalue weighted by Gasteiger charge is 2.29. The van der Waals surface area contributed by atoms with E-state index in [2.05, 4.69) is 76.9 Å². The minimum atomic E-state index is -0.510.